The van der Waals surface area contributed by atoms with E-state index in [0.29, 0.717) is 13.2 Å². The summed E-state index contributed by atoms with van der Waals surface area (Å²) >= 11 is 0. The maximum Gasteiger partial charge on any atom is 0.161 e. The van der Waals surface area contributed by atoms with Crippen molar-refractivity contribution in [2.24, 2.45) is 0 Å². The molecule has 0 heterocycles. The van der Waals surface area contributed by atoms with Crippen LogP contribution in [0.4, 0.5) is 0 Å². The second-order valence-corrected chi connectivity index (χ2v) is 7.17. The van der Waals surface area contributed by atoms with Crippen LogP contribution in [-0.2, 0) is 19.7 Å². The summed E-state index contributed by atoms with van der Waals surface area (Å²) in [4.78, 5) is 10.8. The highest BCUT2D eigenvalue weighted by atomic mass is 16.5. The molecule has 0 bridgehead atoms. The molecule has 156 valence electrons. The minimum absolute atomic E-state index is 0.196. The third kappa shape index (κ3) is 6.09. The van der Waals surface area contributed by atoms with Crippen molar-refractivity contribution in [2.45, 2.75) is 33.5 Å². The zero-order valence-electron chi connectivity index (χ0n) is 17.4. The van der Waals surface area contributed by atoms with E-state index in [4.69, 9.17) is 9.47 Å². The van der Waals surface area contributed by atoms with Crippen LogP contribution < -0.4 is 19.9 Å². The first-order chi connectivity index (χ1) is 14.5. The van der Waals surface area contributed by atoms with Crippen molar-refractivity contribution in [1.29, 1.82) is 0 Å². The van der Waals surface area contributed by atoms with Gasteiger partial charge in [0.05, 0.1) is 12.6 Å². The van der Waals surface area contributed by atoms with Crippen LogP contribution >= 0.6 is 0 Å². The molecule has 0 aliphatic rings. The van der Waals surface area contributed by atoms with Gasteiger partial charge in [-0.2, -0.15) is 0 Å². The number of hydrogen-bond donors (Lipinski definition) is 1. The van der Waals surface area contributed by atoms with Gasteiger partial charge in [-0.15, -0.1) is 0 Å². The molecule has 0 radical (unpaired) electrons. The predicted octanol–water partition coefficient (Wildman–Crippen LogP) is 2.60. The van der Waals surface area contributed by atoms with Gasteiger partial charge in [0.25, 0.3) is 0 Å². The molecule has 3 aromatic carbocycles. The number of hydrogen-bond acceptors (Lipinski definition) is 4. The fourth-order valence-corrected chi connectivity index (χ4v) is 3.09. The molecule has 0 amide bonds. The lowest BCUT2D eigenvalue weighted by molar-refractivity contribution is -0.686. The van der Waals surface area contributed by atoms with Crippen LogP contribution in [0.2, 0.25) is 0 Å². The minimum Gasteiger partial charge on any atom is -0.545 e. The van der Waals surface area contributed by atoms with Gasteiger partial charge in [0, 0.05) is 11.1 Å². The number of carbonyl (C=O) groups excluding carboxylic acids is 1. The first-order valence-corrected chi connectivity index (χ1v) is 10.1. The van der Waals surface area contributed by atoms with E-state index in [1.807, 2.05) is 37.3 Å². The van der Waals surface area contributed by atoms with Gasteiger partial charge in [-0.25, -0.2) is 0 Å². The van der Waals surface area contributed by atoms with Crippen molar-refractivity contribution in [2.75, 3.05) is 6.61 Å². The summed E-state index contributed by atoms with van der Waals surface area (Å²) in [5.41, 5.74) is 4.73. The second-order valence-electron chi connectivity index (χ2n) is 7.17. The molecule has 0 aromatic heterocycles. The molecule has 30 heavy (non-hydrogen) atoms. The normalized spacial score (nSPS) is 10.6. The molecule has 0 saturated heterocycles. The Labute approximate surface area is 177 Å². The van der Waals surface area contributed by atoms with E-state index in [9.17, 15) is 9.90 Å². The van der Waals surface area contributed by atoms with E-state index in [0.717, 1.165) is 41.3 Å². The van der Waals surface area contributed by atoms with Crippen molar-refractivity contribution in [1.82, 2.24) is 0 Å². The van der Waals surface area contributed by atoms with Gasteiger partial charge in [-0.3, -0.25) is 0 Å². The van der Waals surface area contributed by atoms with Crippen LogP contribution in [0.3, 0.4) is 0 Å². The van der Waals surface area contributed by atoms with Gasteiger partial charge in [0.2, 0.25) is 0 Å². The van der Waals surface area contributed by atoms with Crippen molar-refractivity contribution in [3.8, 4) is 11.5 Å². The lowest BCUT2D eigenvalue weighted by Crippen LogP contribution is -2.80. The molecule has 0 aliphatic heterocycles. The highest BCUT2D eigenvalue weighted by molar-refractivity contribution is 5.85. The zero-order chi connectivity index (χ0) is 21.3. The number of ether oxygens (including phenoxy) is 2. The van der Waals surface area contributed by atoms with E-state index in [1.54, 1.807) is 12.1 Å². The van der Waals surface area contributed by atoms with Crippen LogP contribution in [0.1, 0.15) is 39.5 Å². The topological polar surface area (TPSA) is 75.2 Å². The molecule has 0 fully saturated rings. The lowest BCUT2D eigenvalue weighted by atomic mass is 10.1. The molecule has 0 saturated carbocycles. The monoisotopic (exact) mass is 405 g/mol. The van der Waals surface area contributed by atoms with Gasteiger partial charge in [-0.05, 0) is 43.2 Å². The Balaban J connectivity index is 1.58. The smallest absolute Gasteiger partial charge is 0.161 e. The number of quaternary nitrogens is 1. The van der Waals surface area contributed by atoms with Gasteiger partial charge in [0.1, 0.15) is 19.7 Å². The van der Waals surface area contributed by atoms with Gasteiger partial charge in [-0.1, -0.05) is 54.1 Å². The van der Waals surface area contributed by atoms with E-state index < -0.39 is 5.97 Å². The third-order valence-electron chi connectivity index (χ3n) is 4.77. The van der Waals surface area contributed by atoms with E-state index in [1.165, 1.54) is 5.56 Å². The second kappa shape index (κ2) is 10.5. The predicted molar refractivity (Wildman–Crippen MR) is 113 cm³/mol. The van der Waals surface area contributed by atoms with Gasteiger partial charge in [0.15, 0.2) is 11.5 Å². The molecule has 2 N–H and O–H groups in total. The maximum absolute atomic E-state index is 10.8. The molecule has 0 aliphatic carbocycles. The van der Waals surface area contributed by atoms with Crippen molar-refractivity contribution < 1.29 is 24.7 Å². The van der Waals surface area contributed by atoms with Crippen LogP contribution in [0.5, 0.6) is 11.5 Å². The SMILES string of the molecule is CCOc1cc(C[NH2+]Cc2ccc(C(=O)[O-])cc2)ccc1OCc1ccc(C)cc1. The van der Waals surface area contributed by atoms with Crippen LogP contribution in [0.15, 0.2) is 66.7 Å². The Morgan fingerprint density at radius 2 is 1.47 bits per heavy atom. The number of aromatic carboxylic acids is 1. The molecule has 5 nitrogen and oxygen atoms in total. The third-order valence-corrected chi connectivity index (χ3v) is 4.77. The first kappa shape index (κ1) is 21.4. The fraction of sp³-hybridized carbons (Fsp3) is 0.240. The van der Waals surface area contributed by atoms with E-state index >= 15 is 0 Å². The summed E-state index contributed by atoms with van der Waals surface area (Å²) in [7, 11) is 0. The number of benzene rings is 3. The Kier molecular flexibility index (Phi) is 7.46. The lowest BCUT2D eigenvalue weighted by Gasteiger charge is -2.13. The maximum atomic E-state index is 10.8. The highest BCUT2D eigenvalue weighted by Crippen LogP contribution is 2.29. The average molecular weight is 405 g/mol. The Hall–Kier alpha value is -3.31. The van der Waals surface area contributed by atoms with Crippen LogP contribution in [0, 0.1) is 6.92 Å². The zero-order valence-corrected chi connectivity index (χ0v) is 17.4. The summed E-state index contributed by atoms with van der Waals surface area (Å²) in [5, 5.41) is 13.0. The van der Waals surface area contributed by atoms with Crippen molar-refractivity contribution in [3.63, 3.8) is 0 Å². The highest BCUT2D eigenvalue weighted by Gasteiger charge is 2.08. The minimum atomic E-state index is -1.15. The quantitative estimate of drug-likeness (QED) is 0.563. The first-order valence-electron chi connectivity index (χ1n) is 10.1. The molecule has 3 rings (SSSR count). The molecule has 0 unspecified atom stereocenters. The van der Waals surface area contributed by atoms with Crippen molar-refractivity contribution in [3.05, 3.63) is 94.5 Å². The summed E-state index contributed by atoms with van der Waals surface area (Å²) in [5.74, 6) is 0.325. The number of rotatable bonds is 10. The Morgan fingerprint density at radius 3 is 2.13 bits per heavy atom. The largest absolute Gasteiger partial charge is 0.545 e. The number of carboxylic acid groups (broad SMARTS) is 1. The van der Waals surface area contributed by atoms with Crippen LogP contribution in [0.25, 0.3) is 0 Å². The Bertz CT molecular complexity index is 965. The number of carbonyl (C=O) groups is 1. The molecular formula is C25H27NO4. The average Bonchev–Trinajstić information content (AvgIpc) is 2.75. The number of carboxylic acids is 1. The number of nitrogens with two attached hydrogens (primary N) is 1. The molecule has 0 spiro atoms. The molecule has 5 heteroatoms. The number of aryl methyl sites for hydroxylation is 1. The molecular weight excluding hydrogens is 378 g/mol. The summed E-state index contributed by atoms with van der Waals surface area (Å²) in [6, 6.07) is 21.1. The van der Waals surface area contributed by atoms with E-state index in [2.05, 4.69) is 36.5 Å². The fourth-order valence-electron chi connectivity index (χ4n) is 3.09. The summed E-state index contributed by atoms with van der Waals surface area (Å²) in [6.45, 7) is 6.62. The summed E-state index contributed by atoms with van der Waals surface area (Å²) < 4.78 is 11.8. The van der Waals surface area contributed by atoms with Gasteiger partial charge < -0.3 is 24.7 Å². The summed E-state index contributed by atoms with van der Waals surface area (Å²) in [6.07, 6.45) is 0. The Morgan fingerprint density at radius 1 is 0.833 bits per heavy atom. The molecule has 3 aromatic rings. The standard InChI is InChI=1S/C25H27NO4/c1-3-29-24-14-21(16-26-15-19-8-11-22(12-9-19)25(27)28)10-13-23(24)30-17-20-6-4-18(2)5-7-20/h4-14,26H,3,15-17H2,1-2H3,(H,27,28). The van der Waals surface area contributed by atoms with E-state index in [-0.39, 0.29) is 5.56 Å². The molecule has 0 atom stereocenters. The van der Waals surface area contributed by atoms with Crippen LogP contribution in [-0.4, -0.2) is 12.6 Å². The van der Waals surface area contributed by atoms with Gasteiger partial charge >= 0.3 is 0 Å². The van der Waals surface area contributed by atoms with Crippen molar-refractivity contribution >= 4 is 5.97 Å².